The number of benzene rings is 2. The zero-order valence-corrected chi connectivity index (χ0v) is 18.6. The largest absolute Gasteiger partial charge is 0.481 e. The number of aliphatic hydroxyl groups is 2. The Kier molecular flexibility index (Phi) is 6.96. The van der Waals surface area contributed by atoms with Crippen LogP contribution in [-0.2, 0) is 4.79 Å². The molecule has 1 aromatic heterocycles. The smallest absolute Gasteiger partial charge is 0.305 e. The molecule has 0 amide bonds. The van der Waals surface area contributed by atoms with Gasteiger partial charge in [-0.2, -0.15) is 0 Å². The molecule has 1 heterocycles. The molecule has 0 saturated heterocycles. The van der Waals surface area contributed by atoms with E-state index in [9.17, 15) is 15.0 Å². The van der Waals surface area contributed by atoms with Gasteiger partial charge in [-0.05, 0) is 19.8 Å². The van der Waals surface area contributed by atoms with Crippen LogP contribution in [0.15, 0.2) is 60.7 Å². The van der Waals surface area contributed by atoms with Crippen LogP contribution in [0, 0.1) is 6.92 Å². The molecule has 1 aliphatic rings. The monoisotopic (exact) mass is 444 g/mol. The first-order valence-corrected chi connectivity index (χ1v) is 11.2. The summed E-state index contributed by atoms with van der Waals surface area (Å²) in [6.45, 7) is 2.04. The quantitative estimate of drug-likeness (QED) is 0.446. The average molecular weight is 445 g/mol. The van der Waals surface area contributed by atoms with Crippen LogP contribution in [0.4, 0.5) is 0 Å². The topological polar surface area (TPSA) is 104 Å². The van der Waals surface area contributed by atoms with Crippen molar-refractivity contribution in [2.45, 2.75) is 50.7 Å². The zero-order chi connectivity index (χ0) is 23.4. The highest BCUT2D eigenvalue weighted by Gasteiger charge is 2.30. The Bertz CT molecular complexity index is 1140. The van der Waals surface area contributed by atoms with Crippen LogP contribution in [0.5, 0.6) is 0 Å². The van der Waals surface area contributed by atoms with Gasteiger partial charge in [-0.1, -0.05) is 72.3 Å². The van der Waals surface area contributed by atoms with Gasteiger partial charge in [-0.3, -0.25) is 4.79 Å². The maximum Gasteiger partial charge on any atom is 0.305 e. The molecule has 0 radical (unpaired) electrons. The molecule has 2 unspecified atom stereocenters. The molecular weight excluding hydrogens is 416 g/mol. The minimum Gasteiger partial charge on any atom is -0.481 e. The lowest BCUT2D eigenvalue weighted by atomic mass is 9.99. The summed E-state index contributed by atoms with van der Waals surface area (Å²) in [5.74, 6) is -0.0828. The van der Waals surface area contributed by atoms with E-state index < -0.39 is 24.6 Å². The number of carboxylic acids is 1. The van der Waals surface area contributed by atoms with Gasteiger partial charge in [0.25, 0.3) is 0 Å². The Hall–Kier alpha value is -3.35. The van der Waals surface area contributed by atoms with E-state index in [-0.39, 0.29) is 6.42 Å². The number of carboxylic acid groups (broad SMARTS) is 1. The van der Waals surface area contributed by atoms with Crippen LogP contribution in [0.25, 0.3) is 28.7 Å². The molecule has 33 heavy (non-hydrogen) atoms. The van der Waals surface area contributed by atoms with E-state index in [1.54, 1.807) is 6.08 Å². The highest BCUT2D eigenvalue weighted by atomic mass is 16.4. The van der Waals surface area contributed by atoms with Crippen LogP contribution in [0.3, 0.4) is 0 Å². The van der Waals surface area contributed by atoms with Crippen molar-refractivity contribution in [3.05, 3.63) is 77.5 Å². The second kappa shape index (κ2) is 10.1. The third-order valence-electron chi connectivity index (χ3n) is 5.71. The summed E-state index contributed by atoms with van der Waals surface area (Å²) in [7, 11) is 0. The summed E-state index contributed by atoms with van der Waals surface area (Å²) in [6.07, 6.45) is 2.97. The van der Waals surface area contributed by atoms with E-state index in [0.717, 1.165) is 40.9 Å². The molecule has 2 aromatic carbocycles. The number of aliphatic hydroxyl groups excluding tert-OH is 2. The van der Waals surface area contributed by atoms with Crippen LogP contribution in [0.2, 0.25) is 0 Å². The third kappa shape index (κ3) is 5.92. The number of rotatable bonds is 9. The summed E-state index contributed by atoms with van der Waals surface area (Å²) < 4.78 is 0. The van der Waals surface area contributed by atoms with E-state index in [1.807, 2.05) is 67.6 Å². The highest BCUT2D eigenvalue weighted by Crippen LogP contribution is 2.43. The fourth-order valence-corrected chi connectivity index (χ4v) is 3.82. The van der Waals surface area contributed by atoms with E-state index in [1.165, 1.54) is 5.56 Å². The highest BCUT2D eigenvalue weighted by molar-refractivity contribution is 5.76. The van der Waals surface area contributed by atoms with Gasteiger partial charge in [0.05, 0.1) is 30.0 Å². The second-order valence-electron chi connectivity index (χ2n) is 8.61. The maximum absolute atomic E-state index is 10.8. The molecule has 4 rings (SSSR count). The van der Waals surface area contributed by atoms with Gasteiger partial charge < -0.3 is 15.3 Å². The van der Waals surface area contributed by atoms with Crippen molar-refractivity contribution in [1.82, 2.24) is 9.97 Å². The summed E-state index contributed by atoms with van der Waals surface area (Å²) in [5.41, 5.74) is 5.67. The van der Waals surface area contributed by atoms with Gasteiger partial charge in [0.15, 0.2) is 5.82 Å². The van der Waals surface area contributed by atoms with Crippen LogP contribution >= 0.6 is 0 Å². The Balaban J connectivity index is 1.75. The maximum atomic E-state index is 10.8. The lowest BCUT2D eigenvalue weighted by Gasteiger charge is -2.15. The SMILES string of the molecule is Cc1ccc(-c2nc(-c3ccccc3)c(/C=C/C(O)CC(O)CC(=O)O)c(C3CC3)n2)cc1. The third-order valence-corrected chi connectivity index (χ3v) is 5.71. The van der Waals surface area contributed by atoms with Crippen LogP contribution in [-0.4, -0.2) is 43.5 Å². The first-order valence-electron chi connectivity index (χ1n) is 11.2. The van der Waals surface area contributed by atoms with Gasteiger partial charge in [0.2, 0.25) is 0 Å². The first-order chi connectivity index (χ1) is 15.9. The van der Waals surface area contributed by atoms with E-state index in [2.05, 4.69) is 0 Å². The van der Waals surface area contributed by atoms with Crippen molar-refractivity contribution < 1.29 is 20.1 Å². The number of carbonyl (C=O) groups is 1. The number of aryl methyl sites for hydroxylation is 1. The molecule has 1 fully saturated rings. The Morgan fingerprint density at radius 1 is 1.03 bits per heavy atom. The van der Waals surface area contributed by atoms with Gasteiger partial charge in [0, 0.05) is 29.0 Å². The average Bonchev–Trinajstić information content (AvgIpc) is 3.63. The predicted octanol–water partition coefficient (Wildman–Crippen LogP) is 4.60. The number of nitrogens with zero attached hydrogens (tertiary/aromatic N) is 2. The molecule has 1 aliphatic carbocycles. The molecule has 170 valence electrons. The first kappa shape index (κ1) is 22.8. The van der Waals surface area contributed by atoms with Gasteiger partial charge in [0.1, 0.15) is 0 Å². The van der Waals surface area contributed by atoms with Crippen molar-refractivity contribution in [1.29, 1.82) is 0 Å². The normalized spacial score (nSPS) is 15.5. The number of aromatic nitrogens is 2. The minimum absolute atomic E-state index is 0.0511. The molecule has 6 nitrogen and oxygen atoms in total. The van der Waals surface area contributed by atoms with E-state index >= 15 is 0 Å². The summed E-state index contributed by atoms with van der Waals surface area (Å²) in [5, 5.41) is 29.1. The van der Waals surface area contributed by atoms with Crippen molar-refractivity contribution in [3.63, 3.8) is 0 Å². The van der Waals surface area contributed by atoms with Crippen molar-refractivity contribution >= 4 is 12.0 Å². The molecule has 0 spiro atoms. The van der Waals surface area contributed by atoms with Crippen LogP contribution in [0.1, 0.15) is 48.4 Å². The fourth-order valence-electron chi connectivity index (χ4n) is 3.82. The molecule has 6 heteroatoms. The number of aliphatic carboxylic acids is 1. The predicted molar refractivity (Wildman–Crippen MR) is 128 cm³/mol. The lowest BCUT2D eigenvalue weighted by Crippen LogP contribution is -2.19. The zero-order valence-electron chi connectivity index (χ0n) is 18.6. The molecule has 0 bridgehead atoms. The van der Waals surface area contributed by atoms with Gasteiger partial charge >= 0.3 is 5.97 Å². The van der Waals surface area contributed by atoms with E-state index in [4.69, 9.17) is 15.1 Å². The standard InChI is InChI=1S/C27H28N2O4/c1-17-7-9-20(10-8-17)27-28-25(18-5-3-2-4-6-18)23(26(29-27)19-11-12-19)14-13-21(30)15-22(31)16-24(32)33/h2-10,13-14,19,21-22,30-31H,11-12,15-16H2,1H3,(H,32,33)/b14-13+. The lowest BCUT2D eigenvalue weighted by molar-refractivity contribution is -0.139. The molecular formula is C27H28N2O4. The van der Waals surface area contributed by atoms with E-state index in [0.29, 0.717) is 11.7 Å². The Labute approximate surface area is 193 Å². The molecule has 2 atom stereocenters. The summed E-state index contributed by atoms with van der Waals surface area (Å²) in [6, 6.07) is 18.0. The van der Waals surface area contributed by atoms with Crippen molar-refractivity contribution in [2.75, 3.05) is 0 Å². The fraction of sp³-hybridized carbons (Fsp3) is 0.296. The van der Waals surface area contributed by atoms with Gasteiger partial charge in [-0.15, -0.1) is 0 Å². The molecule has 3 aromatic rings. The minimum atomic E-state index is -1.11. The van der Waals surface area contributed by atoms with Crippen molar-refractivity contribution in [3.8, 4) is 22.6 Å². The number of hydrogen-bond donors (Lipinski definition) is 3. The summed E-state index contributed by atoms with van der Waals surface area (Å²) >= 11 is 0. The van der Waals surface area contributed by atoms with Crippen LogP contribution < -0.4 is 0 Å². The molecule has 0 aliphatic heterocycles. The summed E-state index contributed by atoms with van der Waals surface area (Å²) in [4.78, 5) is 20.6. The van der Waals surface area contributed by atoms with Crippen molar-refractivity contribution in [2.24, 2.45) is 0 Å². The molecule has 1 saturated carbocycles. The van der Waals surface area contributed by atoms with Gasteiger partial charge in [-0.25, -0.2) is 9.97 Å². The number of hydrogen-bond acceptors (Lipinski definition) is 5. The Morgan fingerprint density at radius 3 is 2.36 bits per heavy atom. The second-order valence-corrected chi connectivity index (χ2v) is 8.61. The Morgan fingerprint density at radius 2 is 1.73 bits per heavy atom. The molecule has 3 N–H and O–H groups in total.